The van der Waals surface area contributed by atoms with E-state index in [9.17, 15) is 0 Å². The van der Waals surface area contributed by atoms with Crippen molar-refractivity contribution in [2.75, 3.05) is 0 Å². The molecule has 0 bridgehead atoms. The molecule has 118 valence electrons. The summed E-state index contributed by atoms with van der Waals surface area (Å²) >= 11 is 12.2. The number of rotatable bonds is 4. The van der Waals surface area contributed by atoms with Crippen molar-refractivity contribution in [3.63, 3.8) is 0 Å². The van der Waals surface area contributed by atoms with Crippen LogP contribution in [-0.4, -0.2) is 6.04 Å². The number of halogens is 2. The molecular weight excluding hydrogens is 317 g/mol. The Labute approximate surface area is 141 Å². The maximum atomic E-state index is 6.23. The van der Waals surface area contributed by atoms with Gasteiger partial charge in [0.25, 0.3) is 0 Å². The van der Waals surface area contributed by atoms with Crippen LogP contribution in [0.15, 0.2) is 34.7 Å². The van der Waals surface area contributed by atoms with Crippen molar-refractivity contribution in [2.45, 2.75) is 51.1 Å². The molecule has 1 aliphatic rings. The minimum atomic E-state index is 0.616. The Morgan fingerprint density at radius 1 is 1.00 bits per heavy atom. The molecule has 0 unspecified atom stereocenters. The summed E-state index contributed by atoms with van der Waals surface area (Å²) in [6, 6.07) is 10.1. The first-order valence-corrected chi connectivity index (χ1v) is 8.75. The molecule has 1 aliphatic carbocycles. The van der Waals surface area contributed by atoms with Gasteiger partial charge in [-0.3, -0.25) is 0 Å². The highest BCUT2D eigenvalue weighted by Crippen LogP contribution is 2.31. The highest BCUT2D eigenvalue weighted by Gasteiger charge is 2.13. The number of hydrogen-bond donors (Lipinski definition) is 1. The van der Waals surface area contributed by atoms with Crippen LogP contribution in [0.25, 0.3) is 11.3 Å². The Morgan fingerprint density at radius 2 is 1.77 bits per heavy atom. The molecule has 2 aromatic rings. The van der Waals surface area contributed by atoms with E-state index in [-0.39, 0.29) is 0 Å². The summed E-state index contributed by atoms with van der Waals surface area (Å²) < 4.78 is 5.92. The largest absolute Gasteiger partial charge is 0.460 e. The lowest BCUT2D eigenvalue weighted by Crippen LogP contribution is -2.27. The fraction of sp³-hybridized carbons (Fsp3) is 0.444. The fourth-order valence-electron chi connectivity index (χ4n) is 3.04. The first-order valence-electron chi connectivity index (χ1n) is 8.00. The molecule has 22 heavy (non-hydrogen) atoms. The van der Waals surface area contributed by atoms with E-state index in [0.717, 1.165) is 23.6 Å². The summed E-state index contributed by atoms with van der Waals surface area (Å²) in [6.07, 6.45) is 7.96. The lowest BCUT2D eigenvalue weighted by Gasteiger charge is -2.14. The van der Waals surface area contributed by atoms with Gasteiger partial charge in [0.05, 0.1) is 11.6 Å². The monoisotopic (exact) mass is 337 g/mol. The van der Waals surface area contributed by atoms with Gasteiger partial charge in [0.2, 0.25) is 0 Å². The number of hydrogen-bond acceptors (Lipinski definition) is 2. The van der Waals surface area contributed by atoms with Gasteiger partial charge >= 0.3 is 0 Å². The van der Waals surface area contributed by atoms with Crippen LogP contribution in [-0.2, 0) is 6.54 Å². The first-order chi connectivity index (χ1) is 10.7. The standard InChI is InChI=1S/C18H21Cl2NO/c19-13-7-9-16(17(20)11-13)18-10-8-15(22-18)12-21-14-5-3-1-2-4-6-14/h7-11,14,21H,1-6,12H2. The van der Waals surface area contributed by atoms with Gasteiger partial charge in [0.15, 0.2) is 0 Å². The maximum absolute atomic E-state index is 6.23. The van der Waals surface area contributed by atoms with Gasteiger partial charge in [0, 0.05) is 16.6 Å². The molecular formula is C18H21Cl2NO. The molecule has 1 saturated carbocycles. The molecule has 0 aliphatic heterocycles. The van der Waals surface area contributed by atoms with Crippen LogP contribution in [0.3, 0.4) is 0 Å². The highest BCUT2D eigenvalue weighted by atomic mass is 35.5. The Kier molecular flexibility index (Phi) is 5.46. The van der Waals surface area contributed by atoms with Gasteiger partial charge < -0.3 is 9.73 Å². The van der Waals surface area contributed by atoms with Crippen molar-refractivity contribution in [2.24, 2.45) is 0 Å². The summed E-state index contributed by atoms with van der Waals surface area (Å²) in [5, 5.41) is 4.87. The van der Waals surface area contributed by atoms with Gasteiger partial charge in [-0.15, -0.1) is 0 Å². The van der Waals surface area contributed by atoms with Crippen LogP contribution in [0.5, 0.6) is 0 Å². The maximum Gasteiger partial charge on any atom is 0.135 e. The number of benzene rings is 1. The molecule has 4 heteroatoms. The zero-order valence-electron chi connectivity index (χ0n) is 12.6. The minimum Gasteiger partial charge on any atom is -0.460 e. The second-order valence-electron chi connectivity index (χ2n) is 5.96. The quantitative estimate of drug-likeness (QED) is 0.685. The van der Waals surface area contributed by atoms with Crippen LogP contribution in [0.2, 0.25) is 10.0 Å². The normalized spacial score (nSPS) is 16.6. The van der Waals surface area contributed by atoms with Crippen molar-refractivity contribution < 1.29 is 4.42 Å². The van der Waals surface area contributed by atoms with Crippen molar-refractivity contribution in [3.8, 4) is 11.3 Å². The van der Waals surface area contributed by atoms with Crippen molar-refractivity contribution in [1.29, 1.82) is 0 Å². The third kappa shape index (κ3) is 4.07. The Hall–Kier alpha value is -0.960. The van der Waals surface area contributed by atoms with Crippen molar-refractivity contribution >= 4 is 23.2 Å². The van der Waals surface area contributed by atoms with Crippen LogP contribution in [0, 0.1) is 0 Å². The van der Waals surface area contributed by atoms with E-state index in [0.29, 0.717) is 16.1 Å². The molecule has 0 atom stereocenters. The van der Waals surface area contributed by atoms with Gasteiger partial charge in [-0.1, -0.05) is 48.9 Å². The second-order valence-corrected chi connectivity index (χ2v) is 6.80. The lowest BCUT2D eigenvalue weighted by atomic mass is 10.1. The molecule has 0 spiro atoms. The van der Waals surface area contributed by atoms with E-state index in [4.69, 9.17) is 27.6 Å². The summed E-state index contributed by atoms with van der Waals surface area (Å²) in [5.74, 6) is 1.74. The molecule has 1 heterocycles. The van der Waals surface area contributed by atoms with Crippen LogP contribution >= 0.6 is 23.2 Å². The Bertz CT molecular complexity index is 615. The summed E-state index contributed by atoms with van der Waals surface area (Å²) in [4.78, 5) is 0. The Balaban J connectivity index is 1.63. The average Bonchev–Trinajstić information content (AvgIpc) is 2.80. The molecule has 1 aromatic carbocycles. The van der Waals surface area contributed by atoms with Crippen molar-refractivity contribution in [3.05, 3.63) is 46.1 Å². The van der Waals surface area contributed by atoms with E-state index in [1.165, 1.54) is 38.5 Å². The predicted molar refractivity (Wildman–Crippen MR) is 92.5 cm³/mol. The van der Waals surface area contributed by atoms with Crippen LogP contribution < -0.4 is 5.32 Å². The molecule has 0 saturated heterocycles. The van der Waals surface area contributed by atoms with Gasteiger partial charge in [-0.25, -0.2) is 0 Å². The van der Waals surface area contributed by atoms with E-state index in [1.807, 2.05) is 24.3 Å². The summed E-state index contributed by atoms with van der Waals surface area (Å²) in [7, 11) is 0. The second kappa shape index (κ2) is 7.54. The molecule has 0 radical (unpaired) electrons. The Morgan fingerprint density at radius 3 is 2.50 bits per heavy atom. The van der Waals surface area contributed by atoms with Gasteiger partial charge in [0.1, 0.15) is 11.5 Å². The third-order valence-corrected chi connectivity index (χ3v) is 4.83. The smallest absolute Gasteiger partial charge is 0.135 e. The van der Waals surface area contributed by atoms with Crippen molar-refractivity contribution in [1.82, 2.24) is 5.32 Å². The molecule has 3 rings (SSSR count). The van der Waals surface area contributed by atoms with Gasteiger partial charge in [-0.05, 0) is 43.2 Å². The molecule has 1 N–H and O–H groups in total. The number of nitrogens with one attached hydrogen (secondary N) is 1. The molecule has 1 aromatic heterocycles. The van der Waals surface area contributed by atoms with E-state index < -0.39 is 0 Å². The summed E-state index contributed by atoms with van der Waals surface area (Å²) in [5.41, 5.74) is 0.881. The van der Waals surface area contributed by atoms with Crippen LogP contribution in [0.1, 0.15) is 44.3 Å². The summed E-state index contributed by atoms with van der Waals surface area (Å²) in [6.45, 7) is 0.774. The predicted octanol–water partition coefficient (Wildman–Crippen LogP) is 6.07. The zero-order valence-corrected chi connectivity index (χ0v) is 14.1. The van der Waals surface area contributed by atoms with E-state index >= 15 is 0 Å². The van der Waals surface area contributed by atoms with Crippen LogP contribution in [0.4, 0.5) is 0 Å². The lowest BCUT2D eigenvalue weighted by molar-refractivity contribution is 0.420. The minimum absolute atomic E-state index is 0.616. The van der Waals surface area contributed by atoms with E-state index in [2.05, 4.69) is 5.32 Å². The molecule has 0 amide bonds. The fourth-order valence-corrected chi connectivity index (χ4v) is 3.54. The first kappa shape index (κ1) is 15.9. The number of furan rings is 1. The van der Waals surface area contributed by atoms with Gasteiger partial charge in [-0.2, -0.15) is 0 Å². The zero-order chi connectivity index (χ0) is 15.4. The SMILES string of the molecule is Clc1ccc(-c2ccc(CNC3CCCCCC3)o2)c(Cl)c1. The topological polar surface area (TPSA) is 25.2 Å². The highest BCUT2D eigenvalue weighted by molar-refractivity contribution is 6.36. The third-order valence-electron chi connectivity index (χ3n) is 4.28. The molecule has 1 fully saturated rings. The average molecular weight is 338 g/mol. The van der Waals surface area contributed by atoms with E-state index in [1.54, 1.807) is 6.07 Å². The molecule has 2 nitrogen and oxygen atoms in total.